The first-order valence-corrected chi connectivity index (χ1v) is 7.65. The van der Waals surface area contributed by atoms with Crippen LogP contribution < -0.4 is 10.4 Å². The van der Waals surface area contributed by atoms with Crippen molar-refractivity contribution >= 4 is 23.4 Å². The Morgan fingerprint density at radius 2 is 2.14 bits per heavy atom. The van der Waals surface area contributed by atoms with E-state index in [1.807, 2.05) is 13.8 Å². The van der Waals surface area contributed by atoms with Gasteiger partial charge < -0.3 is 4.74 Å². The van der Waals surface area contributed by atoms with Crippen LogP contribution in [0.25, 0.3) is 0 Å². The molecule has 1 N–H and O–H groups in total. The van der Waals surface area contributed by atoms with Crippen molar-refractivity contribution in [1.82, 2.24) is 29.7 Å². The smallest absolute Gasteiger partial charge is 0.344 e. The van der Waals surface area contributed by atoms with Crippen molar-refractivity contribution in [3.8, 4) is 6.01 Å². The van der Waals surface area contributed by atoms with Gasteiger partial charge in [0.2, 0.25) is 10.4 Å². The number of ether oxygens (including phenoxy) is 1. The molecule has 3 rings (SSSR count). The molecule has 0 atom stereocenters. The summed E-state index contributed by atoms with van der Waals surface area (Å²) in [5, 5.41) is 7.33. The highest BCUT2D eigenvalue weighted by Crippen LogP contribution is 2.37. The Labute approximate surface area is 129 Å². The van der Waals surface area contributed by atoms with Gasteiger partial charge in [0.25, 0.3) is 0 Å². The maximum Gasteiger partial charge on any atom is 0.344 e. The highest BCUT2D eigenvalue weighted by Gasteiger charge is 2.29. The van der Waals surface area contributed by atoms with Crippen LogP contribution in [-0.2, 0) is 0 Å². The molecular weight excluding hydrogens is 316 g/mol. The molecule has 21 heavy (non-hydrogen) atoms. The second kappa shape index (κ2) is 5.64. The molecule has 8 nitrogen and oxygen atoms in total. The van der Waals surface area contributed by atoms with Gasteiger partial charge in [-0.1, -0.05) is 0 Å². The average Bonchev–Trinajstić information content (AvgIpc) is 3.13. The van der Waals surface area contributed by atoms with Crippen molar-refractivity contribution in [3.63, 3.8) is 0 Å². The van der Waals surface area contributed by atoms with E-state index < -0.39 is 0 Å². The number of hydrogen-bond donors (Lipinski definition) is 1. The molecule has 0 spiro atoms. The molecule has 0 aliphatic heterocycles. The lowest BCUT2D eigenvalue weighted by molar-refractivity contribution is 0.219. The predicted molar refractivity (Wildman–Crippen MR) is 75.8 cm³/mol. The first kappa shape index (κ1) is 14.3. The summed E-state index contributed by atoms with van der Waals surface area (Å²) in [4.78, 5) is 23.8. The van der Waals surface area contributed by atoms with Gasteiger partial charge in [-0.15, -0.1) is 5.10 Å². The summed E-state index contributed by atoms with van der Waals surface area (Å²) in [7, 11) is 0. The lowest BCUT2D eigenvalue weighted by atomic mass is 10.5. The zero-order valence-corrected chi connectivity index (χ0v) is 13.0. The molecule has 1 fully saturated rings. The van der Waals surface area contributed by atoms with Crippen LogP contribution in [0.1, 0.15) is 32.7 Å². The highest BCUT2D eigenvalue weighted by molar-refractivity contribution is 7.99. The van der Waals surface area contributed by atoms with Gasteiger partial charge in [0.05, 0.1) is 6.10 Å². The Bertz CT molecular complexity index is 711. The molecule has 1 aliphatic rings. The van der Waals surface area contributed by atoms with Gasteiger partial charge in [-0.3, -0.25) is 4.57 Å². The maximum atomic E-state index is 11.7. The molecule has 112 valence electrons. The van der Waals surface area contributed by atoms with Crippen LogP contribution >= 0.6 is 23.4 Å². The predicted octanol–water partition coefficient (Wildman–Crippen LogP) is 1.68. The minimum absolute atomic E-state index is 0.0407. The lowest BCUT2D eigenvalue weighted by Gasteiger charge is -2.08. The van der Waals surface area contributed by atoms with Crippen LogP contribution in [0.5, 0.6) is 6.01 Å². The van der Waals surface area contributed by atoms with Crippen molar-refractivity contribution in [2.75, 3.05) is 0 Å². The number of halogens is 1. The molecular formula is C11H13ClN6O2S. The van der Waals surface area contributed by atoms with Crippen LogP contribution in [0.3, 0.4) is 0 Å². The van der Waals surface area contributed by atoms with E-state index in [1.165, 1.54) is 0 Å². The SMILES string of the molecule is CC(C)Oc1nc(Cl)nc(Sc2n[nH]c(=O)n2C2CC2)n1. The van der Waals surface area contributed by atoms with Gasteiger partial charge in [0.15, 0.2) is 5.16 Å². The molecule has 0 radical (unpaired) electrons. The Morgan fingerprint density at radius 3 is 2.81 bits per heavy atom. The average molecular weight is 329 g/mol. The van der Waals surface area contributed by atoms with Gasteiger partial charge in [0.1, 0.15) is 0 Å². The van der Waals surface area contributed by atoms with Crippen LogP contribution in [0.4, 0.5) is 0 Å². The van der Waals surface area contributed by atoms with Crippen LogP contribution in [0, 0.1) is 0 Å². The van der Waals surface area contributed by atoms with Crippen molar-refractivity contribution < 1.29 is 4.74 Å². The van der Waals surface area contributed by atoms with E-state index in [0.717, 1.165) is 24.6 Å². The third-order valence-corrected chi connectivity index (χ3v) is 3.68. The molecule has 1 aliphatic carbocycles. The monoisotopic (exact) mass is 328 g/mol. The molecule has 10 heteroatoms. The Balaban J connectivity index is 1.87. The van der Waals surface area contributed by atoms with Gasteiger partial charge in [-0.2, -0.15) is 15.0 Å². The largest absolute Gasteiger partial charge is 0.461 e. The summed E-state index contributed by atoms with van der Waals surface area (Å²) in [5.74, 6) is 0. The lowest BCUT2D eigenvalue weighted by Crippen LogP contribution is -2.16. The molecule has 2 aromatic rings. The van der Waals surface area contributed by atoms with Crippen molar-refractivity contribution in [2.24, 2.45) is 0 Å². The van der Waals surface area contributed by atoms with Crippen LogP contribution in [0.15, 0.2) is 15.1 Å². The molecule has 0 aromatic carbocycles. The Hall–Kier alpha value is -1.61. The fourth-order valence-corrected chi connectivity index (χ4v) is 2.77. The first-order chi connectivity index (χ1) is 10.0. The second-order valence-corrected chi connectivity index (χ2v) is 6.12. The molecule has 2 aromatic heterocycles. The third kappa shape index (κ3) is 3.35. The van der Waals surface area contributed by atoms with E-state index >= 15 is 0 Å². The van der Waals surface area contributed by atoms with Crippen LogP contribution in [0.2, 0.25) is 5.28 Å². The number of aromatic nitrogens is 6. The molecule has 2 heterocycles. The minimum atomic E-state index is -0.223. The van der Waals surface area contributed by atoms with Crippen LogP contribution in [-0.4, -0.2) is 35.8 Å². The van der Waals surface area contributed by atoms with E-state index in [1.54, 1.807) is 4.57 Å². The molecule has 1 saturated carbocycles. The number of H-pyrrole nitrogens is 1. The number of nitrogens with one attached hydrogen (secondary N) is 1. The maximum absolute atomic E-state index is 11.7. The van der Waals surface area contributed by atoms with Crippen molar-refractivity contribution in [1.29, 1.82) is 0 Å². The summed E-state index contributed by atoms with van der Waals surface area (Å²) in [6, 6.07) is 0.366. The van der Waals surface area contributed by atoms with E-state index in [0.29, 0.717) is 10.3 Å². The van der Waals surface area contributed by atoms with Gasteiger partial charge in [-0.05, 0) is 50.1 Å². The fourth-order valence-electron chi connectivity index (χ4n) is 1.72. The number of aromatic amines is 1. The van der Waals surface area contributed by atoms with E-state index in [9.17, 15) is 4.79 Å². The third-order valence-electron chi connectivity index (χ3n) is 2.67. The topological polar surface area (TPSA) is 98.6 Å². The van der Waals surface area contributed by atoms with E-state index in [-0.39, 0.29) is 29.1 Å². The second-order valence-electron chi connectivity index (χ2n) is 4.85. The number of rotatable bonds is 5. The molecule has 0 amide bonds. The Morgan fingerprint density at radius 1 is 1.38 bits per heavy atom. The molecule has 0 bridgehead atoms. The van der Waals surface area contributed by atoms with E-state index in [2.05, 4.69) is 25.1 Å². The summed E-state index contributed by atoms with van der Waals surface area (Å²) >= 11 is 7.02. The summed E-state index contributed by atoms with van der Waals surface area (Å²) < 4.78 is 7.03. The summed E-state index contributed by atoms with van der Waals surface area (Å²) in [5.41, 5.74) is -0.223. The molecule has 0 unspecified atom stereocenters. The Kier molecular flexibility index (Phi) is 3.85. The zero-order valence-electron chi connectivity index (χ0n) is 11.4. The van der Waals surface area contributed by atoms with Gasteiger partial charge >= 0.3 is 11.7 Å². The first-order valence-electron chi connectivity index (χ1n) is 6.46. The standard InChI is InChI=1S/C11H13ClN6O2S/c1-5(2)20-8-13-7(12)14-9(15-8)21-11-17-16-10(19)18(11)6-3-4-6/h5-6H,3-4H2,1-2H3,(H,16,19). The highest BCUT2D eigenvalue weighted by atomic mass is 35.5. The normalized spacial score (nSPS) is 14.7. The summed E-state index contributed by atoms with van der Waals surface area (Å²) in [6.07, 6.45) is 1.88. The van der Waals surface area contributed by atoms with E-state index in [4.69, 9.17) is 16.3 Å². The quantitative estimate of drug-likeness (QED) is 0.891. The number of hydrogen-bond acceptors (Lipinski definition) is 7. The zero-order chi connectivity index (χ0) is 15.0. The minimum Gasteiger partial charge on any atom is -0.461 e. The van der Waals surface area contributed by atoms with Gasteiger partial charge in [-0.25, -0.2) is 9.89 Å². The number of nitrogens with zero attached hydrogens (tertiary/aromatic N) is 5. The summed E-state index contributed by atoms with van der Waals surface area (Å²) in [6.45, 7) is 3.73. The fraction of sp³-hybridized carbons (Fsp3) is 0.545. The van der Waals surface area contributed by atoms with Crippen molar-refractivity contribution in [3.05, 3.63) is 15.8 Å². The van der Waals surface area contributed by atoms with Crippen molar-refractivity contribution in [2.45, 2.75) is 49.1 Å². The molecule has 0 saturated heterocycles. The van der Waals surface area contributed by atoms with Gasteiger partial charge in [0, 0.05) is 6.04 Å².